The third-order valence-electron chi connectivity index (χ3n) is 1.91. The van der Waals surface area contributed by atoms with Gasteiger partial charge in [-0.1, -0.05) is 6.07 Å². The van der Waals surface area contributed by atoms with Crippen LogP contribution >= 0.6 is 0 Å². The summed E-state index contributed by atoms with van der Waals surface area (Å²) < 4.78 is 13.4. The molecule has 13 heavy (non-hydrogen) atoms. The van der Waals surface area contributed by atoms with Gasteiger partial charge in [0.2, 0.25) is 0 Å². The van der Waals surface area contributed by atoms with Crippen LogP contribution in [0.1, 0.15) is 18.1 Å². The van der Waals surface area contributed by atoms with Crippen molar-refractivity contribution in [1.29, 1.82) is 0 Å². The topological polar surface area (TPSA) is 40.5 Å². The number of aromatic hydroxyl groups is 1. The number of phenolic OH excluding ortho intramolecular Hbond substituents is 1. The Kier molecular flexibility index (Phi) is 2.88. The molecule has 0 spiro atoms. The van der Waals surface area contributed by atoms with E-state index in [1.807, 2.05) is 0 Å². The van der Waals surface area contributed by atoms with Crippen LogP contribution in [-0.2, 0) is 6.42 Å². The predicted octanol–water partition coefficient (Wildman–Crippen LogP) is 1.76. The first kappa shape index (κ1) is 9.99. The van der Waals surface area contributed by atoms with Crippen LogP contribution in [0.4, 0.5) is 4.39 Å². The maximum Gasteiger partial charge on any atom is 0.133 e. The van der Waals surface area contributed by atoms with Crippen LogP contribution in [0.5, 0.6) is 5.75 Å². The molecule has 0 aliphatic rings. The van der Waals surface area contributed by atoms with Crippen LogP contribution in [0.15, 0.2) is 12.1 Å². The smallest absolute Gasteiger partial charge is 0.133 e. The van der Waals surface area contributed by atoms with E-state index in [4.69, 9.17) is 5.11 Å². The van der Waals surface area contributed by atoms with Gasteiger partial charge in [-0.3, -0.25) is 0 Å². The number of aliphatic hydroxyl groups is 1. The fraction of sp³-hybridized carbons (Fsp3) is 0.400. The summed E-state index contributed by atoms with van der Waals surface area (Å²) in [6, 6.07) is 2.95. The van der Waals surface area contributed by atoms with Gasteiger partial charge in [0.1, 0.15) is 11.6 Å². The summed E-state index contributed by atoms with van der Waals surface area (Å²) in [7, 11) is 0. The van der Waals surface area contributed by atoms with Gasteiger partial charge in [-0.25, -0.2) is 4.39 Å². The molecule has 2 nitrogen and oxygen atoms in total. The highest BCUT2D eigenvalue weighted by molar-refractivity contribution is 5.37. The molecular weight excluding hydrogens is 171 g/mol. The SMILES string of the molecule is Cc1ccc(O)c(CC(C)O)c1F. The number of halogens is 1. The molecule has 1 aromatic carbocycles. The van der Waals surface area contributed by atoms with Gasteiger partial charge in [-0.2, -0.15) is 0 Å². The molecule has 1 unspecified atom stereocenters. The largest absolute Gasteiger partial charge is 0.508 e. The van der Waals surface area contributed by atoms with Gasteiger partial charge in [0.15, 0.2) is 0 Å². The first-order valence-electron chi connectivity index (χ1n) is 4.17. The molecule has 0 saturated heterocycles. The number of benzene rings is 1. The standard InChI is InChI=1S/C10H13FO2/c1-6-3-4-9(13)8(10(6)11)5-7(2)12/h3-4,7,12-13H,5H2,1-2H3. The van der Waals surface area contributed by atoms with Gasteiger partial charge in [-0.05, 0) is 25.5 Å². The lowest BCUT2D eigenvalue weighted by Gasteiger charge is -2.09. The number of aliphatic hydroxyl groups excluding tert-OH is 1. The molecule has 2 N–H and O–H groups in total. The Hall–Kier alpha value is -1.09. The highest BCUT2D eigenvalue weighted by Crippen LogP contribution is 2.24. The van der Waals surface area contributed by atoms with E-state index < -0.39 is 11.9 Å². The quantitative estimate of drug-likeness (QED) is 0.735. The second kappa shape index (κ2) is 3.75. The Balaban J connectivity index is 3.10. The Bertz CT molecular complexity index is 308. The minimum atomic E-state index is -0.651. The Morgan fingerprint density at radius 1 is 1.46 bits per heavy atom. The van der Waals surface area contributed by atoms with E-state index in [1.54, 1.807) is 13.8 Å². The van der Waals surface area contributed by atoms with Crippen molar-refractivity contribution < 1.29 is 14.6 Å². The molecule has 0 saturated carbocycles. The summed E-state index contributed by atoms with van der Waals surface area (Å²) in [5.74, 6) is -0.523. The zero-order valence-corrected chi connectivity index (χ0v) is 7.71. The predicted molar refractivity (Wildman–Crippen MR) is 48.2 cm³/mol. The zero-order valence-electron chi connectivity index (χ0n) is 7.71. The van der Waals surface area contributed by atoms with Gasteiger partial charge < -0.3 is 10.2 Å². The van der Waals surface area contributed by atoms with Gasteiger partial charge >= 0.3 is 0 Å². The lowest BCUT2D eigenvalue weighted by atomic mass is 10.0. The molecule has 0 bridgehead atoms. The number of rotatable bonds is 2. The molecule has 0 aliphatic carbocycles. The van der Waals surface area contributed by atoms with E-state index in [-0.39, 0.29) is 17.7 Å². The second-order valence-electron chi connectivity index (χ2n) is 3.25. The van der Waals surface area contributed by atoms with E-state index in [1.165, 1.54) is 12.1 Å². The minimum absolute atomic E-state index is 0.0935. The van der Waals surface area contributed by atoms with E-state index in [9.17, 15) is 9.50 Å². The van der Waals surface area contributed by atoms with Crippen LogP contribution in [0.25, 0.3) is 0 Å². The van der Waals surface area contributed by atoms with Gasteiger partial charge in [0.05, 0.1) is 6.10 Å². The number of aryl methyl sites for hydroxylation is 1. The highest BCUT2D eigenvalue weighted by Gasteiger charge is 2.12. The average molecular weight is 184 g/mol. The van der Waals surface area contributed by atoms with Crippen LogP contribution in [-0.4, -0.2) is 16.3 Å². The summed E-state index contributed by atoms with van der Waals surface area (Å²) in [4.78, 5) is 0. The van der Waals surface area contributed by atoms with E-state index in [0.717, 1.165) is 0 Å². The molecule has 72 valence electrons. The van der Waals surface area contributed by atoms with Crippen molar-refractivity contribution in [2.75, 3.05) is 0 Å². The van der Waals surface area contributed by atoms with Crippen molar-refractivity contribution in [3.05, 3.63) is 29.1 Å². The van der Waals surface area contributed by atoms with Gasteiger partial charge in [0, 0.05) is 12.0 Å². The van der Waals surface area contributed by atoms with Crippen molar-refractivity contribution in [3.8, 4) is 5.75 Å². The molecule has 0 aliphatic heterocycles. The maximum atomic E-state index is 13.4. The van der Waals surface area contributed by atoms with Crippen LogP contribution < -0.4 is 0 Å². The zero-order chi connectivity index (χ0) is 10.0. The van der Waals surface area contributed by atoms with Crippen LogP contribution in [0.2, 0.25) is 0 Å². The van der Waals surface area contributed by atoms with Crippen molar-refractivity contribution in [2.24, 2.45) is 0 Å². The van der Waals surface area contributed by atoms with Gasteiger partial charge in [-0.15, -0.1) is 0 Å². The molecular formula is C10H13FO2. The van der Waals surface area contributed by atoms with Crippen LogP contribution in [0.3, 0.4) is 0 Å². The molecule has 0 heterocycles. The van der Waals surface area contributed by atoms with Crippen molar-refractivity contribution >= 4 is 0 Å². The van der Waals surface area contributed by atoms with E-state index >= 15 is 0 Å². The summed E-state index contributed by atoms with van der Waals surface area (Å²) >= 11 is 0. The van der Waals surface area contributed by atoms with Crippen LogP contribution in [0, 0.1) is 12.7 Å². The molecule has 0 amide bonds. The average Bonchev–Trinajstić information content (AvgIpc) is 2.05. The number of hydrogen-bond donors (Lipinski definition) is 2. The normalized spacial score (nSPS) is 12.9. The molecule has 0 fully saturated rings. The van der Waals surface area contributed by atoms with Crippen molar-refractivity contribution in [3.63, 3.8) is 0 Å². The lowest BCUT2D eigenvalue weighted by molar-refractivity contribution is 0.192. The molecule has 3 heteroatoms. The first-order valence-corrected chi connectivity index (χ1v) is 4.17. The maximum absolute atomic E-state index is 13.4. The van der Waals surface area contributed by atoms with E-state index in [2.05, 4.69) is 0 Å². The molecule has 1 aromatic rings. The van der Waals surface area contributed by atoms with Crippen molar-refractivity contribution in [2.45, 2.75) is 26.4 Å². The molecule has 0 aromatic heterocycles. The number of phenols is 1. The Labute approximate surface area is 76.6 Å². The fourth-order valence-electron chi connectivity index (χ4n) is 1.22. The third kappa shape index (κ3) is 2.18. The lowest BCUT2D eigenvalue weighted by Crippen LogP contribution is -2.07. The summed E-state index contributed by atoms with van der Waals surface area (Å²) in [5, 5.41) is 18.4. The minimum Gasteiger partial charge on any atom is -0.508 e. The van der Waals surface area contributed by atoms with Crippen molar-refractivity contribution in [1.82, 2.24) is 0 Å². The highest BCUT2D eigenvalue weighted by atomic mass is 19.1. The monoisotopic (exact) mass is 184 g/mol. The Morgan fingerprint density at radius 2 is 2.08 bits per heavy atom. The summed E-state index contributed by atoms with van der Waals surface area (Å²) in [5.41, 5.74) is 0.670. The van der Waals surface area contributed by atoms with Gasteiger partial charge in [0.25, 0.3) is 0 Å². The second-order valence-corrected chi connectivity index (χ2v) is 3.25. The Morgan fingerprint density at radius 3 is 2.62 bits per heavy atom. The molecule has 1 rings (SSSR count). The number of hydrogen-bond acceptors (Lipinski definition) is 2. The van der Waals surface area contributed by atoms with E-state index in [0.29, 0.717) is 5.56 Å². The molecule has 0 radical (unpaired) electrons. The first-order chi connectivity index (χ1) is 6.02. The fourth-order valence-corrected chi connectivity index (χ4v) is 1.22. The molecule has 1 atom stereocenters. The summed E-state index contributed by atoms with van der Waals surface area (Å²) in [6.45, 7) is 3.18. The third-order valence-corrected chi connectivity index (χ3v) is 1.91. The summed E-state index contributed by atoms with van der Waals surface area (Å²) in [6.07, 6.45) is -0.512.